The fraction of sp³-hybridized carbons (Fsp3) is 0.500. The minimum Gasteiger partial charge on any atom is -0.387 e. The quantitative estimate of drug-likeness (QED) is 0.321. The summed E-state index contributed by atoms with van der Waals surface area (Å²) in [6, 6.07) is 0. The van der Waals surface area contributed by atoms with Gasteiger partial charge in [0, 0.05) is 0 Å². The number of imidazole rings is 1. The van der Waals surface area contributed by atoms with E-state index in [1.54, 1.807) is 0 Å². The summed E-state index contributed by atoms with van der Waals surface area (Å²) in [6.07, 6.45) is -3.38. The van der Waals surface area contributed by atoms with Gasteiger partial charge in [-0.1, -0.05) is 0 Å². The van der Waals surface area contributed by atoms with E-state index in [1.165, 1.54) is 10.9 Å². The fourth-order valence-corrected chi connectivity index (χ4v) is 3.41. The molecule has 0 radical (unpaired) electrons. The molecule has 16 heteroatoms. The van der Waals surface area contributed by atoms with E-state index >= 15 is 0 Å². The van der Waals surface area contributed by atoms with Crippen molar-refractivity contribution < 1.29 is 41.9 Å². The Morgan fingerprint density at radius 2 is 1.96 bits per heavy atom. The number of aliphatic hydroxyl groups is 2. The molecule has 1 fully saturated rings. The molecule has 26 heavy (non-hydrogen) atoms. The monoisotopic (exact) mass is 411 g/mol. The molecule has 3 heterocycles. The second kappa shape index (κ2) is 6.47. The Morgan fingerprint density at radius 3 is 2.62 bits per heavy atom. The van der Waals surface area contributed by atoms with Gasteiger partial charge in [0.1, 0.15) is 30.2 Å². The maximum absolute atomic E-state index is 11.3. The molecule has 0 bridgehead atoms. The number of hydrogen-bond donors (Lipinski definition) is 5. The Morgan fingerprint density at radius 1 is 1.27 bits per heavy atom. The molecule has 0 aromatic carbocycles. The lowest BCUT2D eigenvalue weighted by atomic mass is 10.1. The highest BCUT2D eigenvalue weighted by atomic mass is 32.8. The van der Waals surface area contributed by atoms with Gasteiger partial charge in [-0.3, -0.25) is 8.75 Å². The van der Waals surface area contributed by atoms with Crippen LogP contribution >= 0.6 is 6.80 Å². The van der Waals surface area contributed by atoms with Gasteiger partial charge >= 0.3 is 16.5 Å². The first-order valence-corrected chi connectivity index (χ1v) is 10.5. The van der Waals surface area contributed by atoms with E-state index in [9.17, 15) is 23.2 Å². The van der Waals surface area contributed by atoms with Gasteiger partial charge in [0.25, 0.3) is 0 Å². The van der Waals surface area contributed by atoms with Gasteiger partial charge in [-0.05, 0) is 0 Å². The lowest BCUT2D eigenvalue weighted by Crippen LogP contribution is -2.34. The molecule has 14 nitrogen and oxygen atoms in total. The lowest BCUT2D eigenvalue weighted by molar-refractivity contribution is -0.0465. The molecule has 1 saturated heterocycles. The molecule has 1 aliphatic rings. The predicted octanol–water partition coefficient (Wildman–Crippen LogP) is -2.53. The summed E-state index contributed by atoms with van der Waals surface area (Å²) in [6.45, 7) is -6.48. The molecule has 144 valence electrons. The molecule has 0 aliphatic carbocycles. The molecule has 0 amide bonds. The summed E-state index contributed by atoms with van der Waals surface area (Å²) >= 11 is 0. The molecule has 2 aromatic heterocycles. The first-order valence-electron chi connectivity index (χ1n) is 6.92. The van der Waals surface area contributed by atoms with Crippen molar-refractivity contribution in [1.29, 1.82) is 0 Å². The number of nitrogen functional groups attached to an aromatic ring is 1. The number of anilines is 1. The van der Waals surface area contributed by atoms with Crippen LogP contribution in [0.15, 0.2) is 12.7 Å². The normalized spacial score (nSPS) is 27.2. The Balaban J connectivity index is 1.82. The summed E-state index contributed by atoms with van der Waals surface area (Å²) in [5.74, 6) is 0.0782. The summed E-state index contributed by atoms with van der Waals surface area (Å²) < 4.78 is 44.2. The standard InChI is InChI=1S/C10H14N5O9PS/c11-8-5-9(13-2-12-8)15(3-14-5)10-7(17)6(16)4(24-10)1-23-26(21,22)25(18,19)20/h2-4,6-7,10,16-17H,1H2,(H2,11,12,13)(H2,18,19,20)/t4-,6-,7-,10-/m1/s1. The highest BCUT2D eigenvalue weighted by molar-refractivity contribution is 8.46. The lowest BCUT2D eigenvalue weighted by Gasteiger charge is -2.16. The van der Waals surface area contributed by atoms with E-state index < -0.39 is 47.7 Å². The smallest absolute Gasteiger partial charge is 0.387 e. The van der Waals surface area contributed by atoms with Gasteiger partial charge in [-0.25, -0.2) is 19.5 Å². The first-order chi connectivity index (χ1) is 12.0. The number of fused-ring (bicyclic) bond motifs is 1. The van der Waals surface area contributed by atoms with Crippen LogP contribution < -0.4 is 5.73 Å². The average Bonchev–Trinajstić information content (AvgIpc) is 3.08. The van der Waals surface area contributed by atoms with E-state index in [-0.39, 0.29) is 17.0 Å². The van der Waals surface area contributed by atoms with E-state index in [0.717, 1.165) is 6.33 Å². The van der Waals surface area contributed by atoms with Gasteiger partial charge in [-0.15, -0.1) is 0 Å². The molecule has 1 aliphatic heterocycles. The van der Waals surface area contributed by atoms with Crippen molar-refractivity contribution in [2.75, 3.05) is 12.3 Å². The number of rotatable bonds is 5. The zero-order valence-corrected chi connectivity index (χ0v) is 14.4. The molecule has 3 rings (SSSR count). The Labute approximate surface area is 145 Å². The first kappa shape index (κ1) is 19.1. The van der Waals surface area contributed by atoms with Crippen LogP contribution in [0.4, 0.5) is 5.82 Å². The highest BCUT2D eigenvalue weighted by Gasteiger charge is 2.46. The molecule has 0 saturated carbocycles. The largest absolute Gasteiger partial charge is 0.466 e. The Bertz CT molecular complexity index is 974. The average molecular weight is 411 g/mol. The Kier molecular flexibility index (Phi) is 4.74. The number of nitrogens with two attached hydrogens (primary N) is 1. The minimum atomic E-state index is -5.56. The SMILES string of the molecule is Nc1ncnc2c1ncn2[C@@H]1O[C@H](COS(=O)(=O)P(=O)(O)O)[C@@H](O)[C@H]1O. The zero-order valence-electron chi connectivity index (χ0n) is 12.7. The second-order valence-electron chi connectivity index (χ2n) is 5.33. The molecule has 4 atom stereocenters. The van der Waals surface area contributed by atoms with Gasteiger partial charge < -0.3 is 30.5 Å². The third-order valence-corrected chi connectivity index (χ3v) is 6.75. The van der Waals surface area contributed by atoms with Gasteiger partial charge in [0.05, 0.1) is 12.9 Å². The van der Waals surface area contributed by atoms with Gasteiger partial charge in [0.2, 0.25) is 0 Å². The predicted molar refractivity (Wildman–Crippen MR) is 82.6 cm³/mol. The zero-order chi connectivity index (χ0) is 19.3. The minimum absolute atomic E-state index is 0.0782. The third-order valence-electron chi connectivity index (χ3n) is 3.67. The van der Waals surface area contributed by atoms with Crippen LogP contribution in [0.5, 0.6) is 0 Å². The Hall–Kier alpha value is -1.71. The van der Waals surface area contributed by atoms with E-state index in [4.69, 9.17) is 20.3 Å². The maximum Gasteiger partial charge on any atom is 0.466 e. The molecular weight excluding hydrogens is 397 g/mol. The van der Waals surface area contributed by atoms with Gasteiger partial charge in [-0.2, -0.15) is 8.42 Å². The van der Waals surface area contributed by atoms with Crippen molar-refractivity contribution in [3.8, 4) is 0 Å². The summed E-state index contributed by atoms with van der Waals surface area (Å²) in [7, 11) is -5.20. The van der Waals surface area contributed by atoms with Crippen LogP contribution in [0.3, 0.4) is 0 Å². The maximum atomic E-state index is 11.3. The van der Waals surface area contributed by atoms with Crippen LogP contribution in [0.25, 0.3) is 11.2 Å². The fourth-order valence-electron chi connectivity index (χ4n) is 2.37. The van der Waals surface area contributed by atoms with E-state index in [1.807, 2.05) is 0 Å². The third kappa shape index (κ3) is 3.19. The molecule has 6 N–H and O–H groups in total. The highest BCUT2D eigenvalue weighted by Crippen LogP contribution is 2.44. The summed E-state index contributed by atoms with van der Waals surface area (Å²) in [5.41, 5.74) is 6.07. The molecular formula is C10H14N5O9PS. The van der Waals surface area contributed by atoms with Crippen LogP contribution in [0.2, 0.25) is 0 Å². The van der Waals surface area contributed by atoms with Crippen LogP contribution in [0, 0.1) is 0 Å². The number of aliphatic hydroxyl groups excluding tert-OH is 2. The summed E-state index contributed by atoms with van der Waals surface area (Å²) in [4.78, 5) is 29.1. The number of nitrogens with zero attached hydrogens (tertiary/aromatic N) is 4. The van der Waals surface area contributed by atoms with Crippen molar-refractivity contribution in [3.63, 3.8) is 0 Å². The topological polar surface area (TPSA) is 220 Å². The van der Waals surface area contributed by atoms with Crippen molar-refractivity contribution in [2.45, 2.75) is 24.5 Å². The van der Waals surface area contributed by atoms with Crippen LogP contribution in [0.1, 0.15) is 6.23 Å². The number of ether oxygens (including phenoxy) is 1. The van der Waals surface area contributed by atoms with Crippen molar-refractivity contribution in [1.82, 2.24) is 19.5 Å². The molecule has 2 aromatic rings. The van der Waals surface area contributed by atoms with Crippen LogP contribution in [-0.4, -0.2) is 72.9 Å². The van der Waals surface area contributed by atoms with Crippen molar-refractivity contribution in [2.24, 2.45) is 0 Å². The number of hydrogen-bond acceptors (Lipinski definition) is 11. The van der Waals surface area contributed by atoms with E-state index in [0.29, 0.717) is 0 Å². The molecule has 0 spiro atoms. The second-order valence-corrected chi connectivity index (χ2v) is 10.2. The van der Waals surface area contributed by atoms with Crippen LogP contribution in [-0.2, 0) is 23.2 Å². The molecule has 0 unspecified atom stereocenters. The van der Waals surface area contributed by atoms with E-state index in [2.05, 4.69) is 19.1 Å². The van der Waals surface area contributed by atoms with Gasteiger partial charge in [0.15, 0.2) is 17.7 Å². The summed E-state index contributed by atoms with van der Waals surface area (Å²) in [5, 5.41) is 20.2. The van der Waals surface area contributed by atoms with Crippen molar-refractivity contribution >= 4 is 33.5 Å². The van der Waals surface area contributed by atoms with Crippen molar-refractivity contribution in [3.05, 3.63) is 12.7 Å². The number of aromatic nitrogens is 4.